The van der Waals surface area contributed by atoms with Gasteiger partial charge in [-0.3, -0.25) is 19.8 Å². The molecule has 16 heavy (non-hydrogen) atoms. The number of alkyl halides is 1. The number of halogens is 1. The second kappa shape index (κ2) is 4.17. The fourth-order valence-electron chi connectivity index (χ4n) is 1.53. The number of amides is 1. The van der Waals surface area contributed by atoms with Gasteiger partial charge < -0.3 is 0 Å². The van der Waals surface area contributed by atoms with Crippen molar-refractivity contribution in [2.24, 2.45) is 0 Å². The molecule has 0 saturated carbocycles. The largest absolute Gasteiger partial charge is 0.296 e. The molecule has 2 heterocycles. The lowest BCUT2D eigenvalue weighted by atomic mass is 10.4. The fourth-order valence-corrected chi connectivity index (χ4v) is 2.10. The molecule has 1 aliphatic rings. The van der Waals surface area contributed by atoms with Crippen molar-refractivity contribution in [1.29, 1.82) is 0 Å². The molecule has 1 aromatic heterocycles. The van der Waals surface area contributed by atoms with Crippen LogP contribution in [-0.4, -0.2) is 27.2 Å². The van der Waals surface area contributed by atoms with Gasteiger partial charge in [0.2, 0.25) is 5.91 Å². The van der Waals surface area contributed by atoms with Gasteiger partial charge in [0.15, 0.2) is 0 Å². The number of anilines is 1. The Kier molecular flexibility index (Phi) is 2.86. The molecule has 0 N–H and O–H groups in total. The van der Waals surface area contributed by atoms with E-state index in [9.17, 15) is 14.9 Å². The van der Waals surface area contributed by atoms with E-state index < -0.39 is 4.92 Å². The highest BCUT2D eigenvalue weighted by molar-refractivity contribution is 9.09. The van der Waals surface area contributed by atoms with Crippen molar-refractivity contribution < 1.29 is 9.72 Å². The maximum atomic E-state index is 11.5. The molecule has 0 aromatic carbocycles. The Labute approximate surface area is 99.5 Å². The van der Waals surface area contributed by atoms with Gasteiger partial charge in [-0.1, -0.05) is 15.9 Å². The topological polar surface area (TPSA) is 76.3 Å². The highest BCUT2D eigenvalue weighted by Crippen LogP contribution is 2.24. The van der Waals surface area contributed by atoms with Crippen LogP contribution in [0.25, 0.3) is 0 Å². The number of nitrogens with zero attached hydrogens (tertiary/aromatic N) is 3. The van der Waals surface area contributed by atoms with E-state index in [1.54, 1.807) is 0 Å². The molecule has 0 spiro atoms. The summed E-state index contributed by atoms with van der Waals surface area (Å²) in [5.41, 5.74) is -0.0780. The van der Waals surface area contributed by atoms with Crippen LogP contribution in [0.5, 0.6) is 0 Å². The molecule has 0 aliphatic carbocycles. The fraction of sp³-hybridized carbons (Fsp3) is 0.333. The number of hydrogen-bond acceptors (Lipinski definition) is 4. The molecule has 1 aliphatic heterocycles. The van der Waals surface area contributed by atoms with E-state index in [2.05, 4.69) is 20.9 Å². The molecule has 1 fully saturated rings. The molecule has 84 valence electrons. The van der Waals surface area contributed by atoms with E-state index in [1.165, 1.54) is 17.0 Å². The Balaban J connectivity index is 2.22. The number of carbonyl (C=O) groups is 1. The van der Waals surface area contributed by atoms with Crippen molar-refractivity contribution in [1.82, 2.24) is 4.98 Å². The van der Waals surface area contributed by atoms with Gasteiger partial charge >= 0.3 is 0 Å². The molecule has 1 amide bonds. The second-order valence-electron chi connectivity index (χ2n) is 3.44. The van der Waals surface area contributed by atoms with E-state index >= 15 is 0 Å². The highest BCUT2D eigenvalue weighted by Gasteiger charge is 2.29. The zero-order valence-corrected chi connectivity index (χ0v) is 9.75. The van der Waals surface area contributed by atoms with Gasteiger partial charge in [-0.05, 0) is 6.07 Å². The Morgan fingerprint density at radius 3 is 2.75 bits per heavy atom. The molecule has 1 aromatic rings. The lowest BCUT2D eigenvalue weighted by Gasteiger charge is -2.13. The zero-order valence-electron chi connectivity index (χ0n) is 8.17. The highest BCUT2D eigenvalue weighted by atomic mass is 79.9. The van der Waals surface area contributed by atoms with Crippen molar-refractivity contribution in [3.05, 3.63) is 28.4 Å². The number of rotatable bonds is 2. The zero-order chi connectivity index (χ0) is 11.7. The molecule has 2 rings (SSSR count). The van der Waals surface area contributed by atoms with Gasteiger partial charge in [0.05, 0.1) is 4.92 Å². The van der Waals surface area contributed by atoms with Crippen molar-refractivity contribution in [2.75, 3.05) is 11.4 Å². The van der Waals surface area contributed by atoms with Crippen LogP contribution in [0, 0.1) is 10.1 Å². The summed E-state index contributed by atoms with van der Waals surface area (Å²) in [5, 5.41) is 10.4. The number of pyridine rings is 1. The Bertz CT molecular complexity index is 434. The van der Waals surface area contributed by atoms with E-state index in [0.717, 1.165) is 6.20 Å². The summed E-state index contributed by atoms with van der Waals surface area (Å²) in [6.45, 7) is 0.545. The SMILES string of the molecule is O=C1CC(Br)CN1c1ccc([N+](=O)[O-])cn1. The van der Waals surface area contributed by atoms with Gasteiger partial charge in [-0.25, -0.2) is 4.98 Å². The smallest absolute Gasteiger partial charge is 0.287 e. The van der Waals surface area contributed by atoms with Gasteiger partial charge in [0.1, 0.15) is 12.0 Å². The minimum Gasteiger partial charge on any atom is -0.296 e. The quantitative estimate of drug-likeness (QED) is 0.469. The van der Waals surface area contributed by atoms with Crippen LogP contribution in [0.3, 0.4) is 0 Å². The Morgan fingerprint density at radius 2 is 2.31 bits per heavy atom. The van der Waals surface area contributed by atoms with Crippen LogP contribution in [-0.2, 0) is 4.79 Å². The van der Waals surface area contributed by atoms with E-state index in [-0.39, 0.29) is 16.4 Å². The minimum atomic E-state index is -0.518. The number of aromatic nitrogens is 1. The monoisotopic (exact) mass is 285 g/mol. The van der Waals surface area contributed by atoms with E-state index in [4.69, 9.17) is 0 Å². The van der Waals surface area contributed by atoms with Gasteiger partial charge in [-0.15, -0.1) is 0 Å². The van der Waals surface area contributed by atoms with Crippen molar-refractivity contribution in [3.8, 4) is 0 Å². The average molecular weight is 286 g/mol. The first kappa shape index (κ1) is 11.0. The summed E-state index contributed by atoms with van der Waals surface area (Å²) in [7, 11) is 0. The third-order valence-corrected chi connectivity index (χ3v) is 2.91. The summed E-state index contributed by atoms with van der Waals surface area (Å²) in [5.74, 6) is 0.431. The molecule has 1 atom stereocenters. The first-order valence-corrected chi connectivity index (χ1v) is 5.54. The third kappa shape index (κ3) is 2.04. The summed E-state index contributed by atoms with van der Waals surface area (Å²) < 4.78 is 0. The molecule has 1 unspecified atom stereocenters. The van der Waals surface area contributed by atoms with Crippen LogP contribution in [0.1, 0.15) is 6.42 Å². The van der Waals surface area contributed by atoms with Gasteiger partial charge in [0.25, 0.3) is 5.69 Å². The Morgan fingerprint density at radius 1 is 1.56 bits per heavy atom. The maximum absolute atomic E-state index is 11.5. The standard InChI is InChI=1S/C9H8BrN3O3/c10-6-3-9(14)12(5-6)8-2-1-7(4-11-8)13(15)16/h1-2,4,6H,3,5H2. The number of hydrogen-bond donors (Lipinski definition) is 0. The van der Waals surface area contributed by atoms with Crippen LogP contribution >= 0.6 is 15.9 Å². The maximum Gasteiger partial charge on any atom is 0.287 e. The van der Waals surface area contributed by atoms with Crippen LogP contribution < -0.4 is 4.90 Å². The van der Waals surface area contributed by atoms with E-state index in [1.807, 2.05) is 0 Å². The second-order valence-corrected chi connectivity index (χ2v) is 4.73. The normalized spacial score (nSPS) is 20.2. The van der Waals surface area contributed by atoms with Crippen LogP contribution in [0.15, 0.2) is 18.3 Å². The molecular weight excluding hydrogens is 278 g/mol. The first-order valence-electron chi connectivity index (χ1n) is 4.63. The predicted octanol–water partition coefficient (Wildman–Crippen LogP) is 1.49. The number of nitro groups is 1. The van der Waals surface area contributed by atoms with Crippen molar-refractivity contribution in [3.63, 3.8) is 0 Å². The third-order valence-electron chi connectivity index (χ3n) is 2.30. The van der Waals surface area contributed by atoms with Crippen LogP contribution in [0.4, 0.5) is 11.5 Å². The summed E-state index contributed by atoms with van der Waals surface area (Å²) >= 11 is 3.36. The number of carbonyl (C=O) groups excluding carboxylic acids is 1. The van der Waals surface area contributed by atoms with E-state index in [0.29, 0.717) is 18.8 Å². The van der Waals surface area contributed by atoms with Crippen LogP contribution in [0.2, 0.25) is 0 Å². The summed E-state index contributed by atoms with van der Waals surface area (Å²) in [6.07, 6.45) is 1.59. The Hall–Kier alpha value is -1.50. The average Bonchev–Trinajstić information content (AvgIpc) is 2.58. The van der Waals surface area contributed by atoms with Crippen molar-refractivity contribution >= 4 is 33.3 Å². The predicted molar refractivity (Wildman–Crippen MR) is 60.6 cm³/mol. The molecule has 0 radical (unpaired) electrons. The molecule has 0 bridgehead atoms. The molecule has 1 saturated heterocycles. The van der Waals surface area contributed by atoms with Gasteiger partial charge in [-0.2, -0.15) is 0 Å². The minimum absolute atomic E-state index is 0.0248. The van der Waals surface area contributed by atoms with Crippen molar-refractivity contribution in [2.45, 2.75) is 11.2 Å². The molecule has 6 nitrogen and oxygen atoms in total. The lowest BCUT2D eigenvalue weighted by molar-refractivity contribution is -0.385. The molecular formula is C9H8BrN3O3. The summed E-state index contributed by atoms with van der Waals surface area (Å²) in [4.78, 5) is 27.0. The van der Waals surface area contributed by atoms with Gasteiger partial charge in [0, 0.05) is 23.9 Å². The lowest BCUT2D eigenvalue weighted by Crippen LogP contribution is -2.25. The first-order chi connectivity index (χ1) is 7.58. The molecule has 7 heteroatoms. The summed E-state index contributed by atoms with van der Waals surface area (Å²) in [6, 6.07) is 2.83.